The summed E-state index contributed by atoms with van der Waals surface area (Å²) < 4.78 is 25.9. The third-order valence-electron chi connectivity index (χ3n) is 6.15. The van der Waals surface area contributed by atoms with E-state index in [1.165, 1.54) is 12.1 Å². The van der Waals surface area contributed by atoms with Gasteiger partial charge in [0.15, 0.2) is 15.6 Å². The van der Waals surface area contributed by atoms with E-state index < -0.39 is 26.4 Å². The maximum Gasteiger partial charge on any atom is 0.323 e. The molecule has 2 amide bonds. The number of phenols is 1. The lowest BCUT2D eigenvalue weighted by Crippen LogP contribution is -2.46. The average molecular weight is 466 g/mol. The molecule has 0 aliphatic carbocycles. The molecule has 3 rings (SSSR count). The van der Waals surface area contributed by atoms with Crippen LogP contribution in [0, 0.1) is 13.8 Å². The minimum absolute atomic E-state index is 0.0256. The molecule has 2 aromatic rings. The molecule has 0 unspecified atom stereocenters. The molecule has 1 saturated heterocycles. The van der Waals surface area contributed by atoms with Gasteiger partial charge >= 0.3 is 6.03 Å². The van der Waals surface area contributed by atoms with Crippen molar-refractivity contribution in [3.8, 4) is 5.75 Å². The van der Waals surface area contributed by atoms with Crippen LogP contribution < -0.4 is 10.6 Å². The van der Waals surface area contributed by atoms with Crippen molar-refractivity contribution in [1.82, 2.24) is 4.90 Å². The second-order valence-corrected chi connectivity index (χ2v) is 11.2. The van der Waals surface area contributed by atoms with Crippen molar-refractivity contribution in [3.05, 3.63) is 46.5 Å². The molecule has 0 radical (unpaired) electrons. The van der Waals surface area contributed by atoms with E-state index in [9.17, 15) is 18.3 Å². The Bertz CT molecular complexity index is 1110. The lowest BCUT2D eigenvalue weighted by atomic mass is 9.98. The van der Waals surface area contributed by atoms with Gasteiger partial charge in [-0.25, -0.2) is 13.2 Å². The summed E-state index contributed by atoms with van der Waals surface area (Å²) in [5.41, 5.74) is 2.53. The largest absolute Gasteiger partial charge is 0.504 e. The number of hydrogen-bond donors (Lipinski definition) is 3. The zero-order valence-electron chi connectivity index (χ0n) is 18.1. The first kappa shape index (κ1) is 23.4. The summed E-state index contributed by atoms with van der Waals surface area (Å²) in [6.45, 7) is 6.76. The number of aryl methyl sites for hydroxylation is 1. The van der Waals surface area contributed by atoms with Crippen LogP contribution >= 0.6 is 11.6 Å². The Morgan fingerprint density at radius 2 is 1.71 bits per heavy atom. The first-order valence-corrected chi connectivity index (χ1v) is 11.9. The second kappa shape index (κ2) is 8.68. The number of amides is 2. The number of urea groups is 1. The third kappa shape index (κ3) is 4.51. The number of nitrogens with zero attached hydrogens (tertiary/aromatic N) is 1. The van der Waals surface area contributed by atoms with Gasteiger partial charge in [-0.2, -0.15) is 0 Å². The van der Waals surface area contributed by atoms with Crippen LogP contribution in [0.1, 0.15) is 30.9 Å². The van der Waals surface area contributed by atoms with Crippen molar-refractivity contribution < 1.29 is 18.3 Å². The van der Waals surface area contributed by atoms with Gasteiger partial charge in [-0.15, -0.1) is 0 Å². The van der Waals surface area contributed by atoms with Crippen LogP contribution in [0.15, 0.2) is 35.2 Å². The van der Waals surface area contributed by atoms with Crippen molar-refractivity contribution in [2.75, 3.05) is 30.8 Å². The second-order valence-electron chi connectivity index (χ2n) is 8.36. The fraction of sp³-hybridized carbons (Fsp3) is 0.409. The number of carbonyl (C=O) groups is 1. The number of sulfone groups is 1. The zero-order chi connectivity index (χ0) is 23.0. The Morgan fingerprint density at radius 1 is 1.10 bits per heavy atom. The minimum Gasteiger partial charge on any atom is -0.504 e. The smallest absolute Gasteiger partial charge is 0.323 e. The van der Waals surface area contributed by atoms with E-state index in [-0.39, 0.29) is 15.6 Å². The van der Waals surface area contributed by atoms with Gasteiger partial charge in [0.2, 0.25) is 0 Å². The maximum atomic E-state index is 13.5. The van der Waals surface area contributed by atoms with Crippen LogP contribution in [-0.4, -0.2) is 49.3 Å². The third-order valence-corrected chi connectivity index (χ3v) is 9.23. The van der Waals surface area contributed by atoms with Gasteiger partial charge in [0, 0.05) is 5.69 Å². The van der Waals surface area contributed by atoms with Crippen LogP contribution in [0.2, 0.25) is 5.02 Å². The number of benzene rings is 2. The molecular formula is C22H28ClN3O4S. The molecule has 2 aromatic carbocycles. The molecule has 0 saturated carbocycles. The number of anilines is 2. The molecule has 1 fully saturated rings. The summed E-state index contributed by atoms with van der Waals surface area (Å²) in [6, 6.07) is 7.69. The summed E-state index contributed by atoms with van der Waals surface area (Å²) in [4.78, 5) is 14.2. The summed E-state index contributed by atoms with van der Waals surface area (Å²) >= 11 is 6.22. The van der Waals surface area contributed by atoms with Crippen molar-refractivity contribution >= 4 is 38.8 Å². The molecule has 9 heteroatoms. The number of carbonyl (C=O) groups excluding carboxylic acids is 1. The molecule has 1 heterocycles. The molecule has 0 aromatic heterocycles. The molecule has 0 spiro atoms. The fourth-order valence-corrected chi connectivity index (χ4v) is 6.03. The molecular weight excluding hydrogens is 438 g/mol. The van der Waals surface area contributed by atoms with Crippen LogP contribution in [0.25, 0.3) is 0 Å². The highest BCUT2D eigenvalue weighted by Gasteiger charge is 2.44. The van der Waals surface area contributed by atoms with E-state index in [1.54, 1.807) is 13.0 Å². The Balaban J connectivity index is 1.90. The molecule has 31 heavy (non-hydrogen) atoms. The first-order chi connectivity index (χ1) is 14.5. The Hall–Kier alpha value is -2.29. The van der Waals surface area contributed by atoms with Gasteiger partial charge in [0.05, 0.1) is 15.5 Å². The standard InChI is InChI=1S/C22H28ClN3O4S/c1-14-6-5-7-17(15(14)2)24-21(28)25-18-9-8-16(23)20(19(18)27)31(29,30)22(3)10-12-26(4)13-11-22/h5-9,27H,10-13H2,1-4H3,(H2,24,25,28). The van der Waals surface area contributed by atoms with Crippen LogP contribution in [0.4, 0.5) is 16.2 Å². The summed E-state index contributed by atoms with van der Waals surface area (Å²) in [6.07, 6.45) is 0.846. The van der Waals surface area contributed by atoms with Gasteiger partial charge in [0.25, 0.3) is 0 Å². The van der Waals surface area contributed by atoms with Gasteiger partial charge in [-0.3, -0.25) is 0 Å². The molecule has 0 atom stereocenters. The van der Waals surface area contributed by atoms with E-state index in [0.717, 1.165) is 11.1 Å². The van der Waals surface area contributed by atoms with Gasteiger partial charge in [-0.1, -0.05) is 23.7 Å². The number of nitrogens with one attached hydrogen (secondary N) is 2. The number of aromatic hydroxyl groups is 1. The topological polar surface area (TPSA) is 98.7 Å². The van der Waals surface area contributed by atoms with Crippen LogP contribution in [-0.2, 0) is 9.84 Å². The van der Waals surface area contributed by atoms with Gasteiger partial charge < -0.3 is 20.6 Å². The zero-order valence-corrected chi connectivity index (χ0v) is 19.7. The lowest BCUT2D eigenvalue weighted by Gasteiger charge is -2.37. The van der Waals surface area contributed by atoms with Crippen LogP contribution in [0.5, 0.6) is 5.75 Å². The normalized spacial score (nSPS) is 16.7. The number of piperidine rings is 1. The SMILES string of the molecule is Cc1cccc(NC(=O)Nc2ccc(Cl)c(S(=O)(=O)C3(C)CCN(C)CC3)c2O)c1C. The molecule has 7 nitrogen and oxygen atoms in total. The Kier molecular flexibility index (Phi) is 6.55. The molecule has 168 valence electrons. The highest BCUT2D eigenvalue weighted by Crippen LogP contribution is 2.44. The van der Waals surface area contributed by atoms with Gasteiger partial charge in [0.1, 0.15) is 4.90 Å². The molecule has 1 aliphatic rings. The van der Waals surface area contributed by atoms with E-state index >= 15 is 0 Å². The van der Waals surface area contributed by atoms with E-state index in [0.29, 0.717) is 31.6 Å². The minimum atomic E-state index is -3.96. The average Bonchev–Trinajstić information content (AvgIpc) is 2.70. The number of likely N-dealkylation sites (tertiary alicyclic amines) is 1. The number of halogens is 1. The summed E-state index contributed by atoms with van der Waals surface area (Å²) in [5.74, 6) is -0.552. The Morgan fingerprint density at radius 3 is 2.35 bits per heavy atom. The van der Waals surface area contributed by atoms with Crippen molar-refractivity contribution in [2.24, 2.45) is 0 Å². The molecule has 1 aliphatic heterocycles. The fourth-order valence-electron chi connectivity index (χ4n) is 3.67. The quantitative estimate of drug-likeness (QED) is 0.574. The first-order valence-electron chi connectivity index (χ1n) is 10.0. The van der Waals surface area contributed by atoms with E-state index in [4.69, 9.17) is 11.6 Å². The van der Waals surface area contributed by atoms with Gasteiger partial charge in [-0.05, 0) is 83.1 Å². The molecule has 3 N–H and O–H groups in total. The highest BCUT2D eigenvalue weighted by atomic mass is 35.5. The molecule has 0 bridgehead atoms. The van der Waals surface area contributed by atoms with E-state index in [1.807, 2.05) is 33.0 Å². The number of hydrogen-bond acceptors (Lipinski definition) is 5. The predicted molar refractivity (Wildman–Crippen MR) is 124 cm³/mol. The summed E-state index contributed by atoms with van der Waals surface area (Å²) in [7, 11) is -2.02. The van der Waals surface area contributed by atoms with Crippen LogP contribution in [0.3, 0.4) is 0 Å². The monoisotopic (exact) mass is 465 g/mol. The van der Waals surface area contributed by atoms with Crippen molar-refractivity contribution in [2.45, 2.75) is 43.3 Å². The predicted octanol–water partition coefficient (Wildman–Crippen LogP) is 4.56. The van der Waals surface area contributed by atoms with Crippen molar-refractivity contribution in [1.29, 1.82) is 0 Å². The maximum absolute atomic E-state index is 13.5. The number of rotatable bonds is 4. The lowest BCUT2D eigenvalue weighted by molar-refractivity contribution is 0.240. The summed E-state index contributed by atoms with van der Waals surface area (Å²) in [5, 5.41) is 16.0. The number of phenolic OH excluding ortho intramolecular Hbond substituents is 1. The van der Waals surface area contributed by atoms with Crippen molar-refractivity contribution in [3.63, 3.8) is 0 Å². The highest BCUT2D eigenvalue weighted by molar-refractivity contribution is 7.93. The van der Waals surface area contributed by atoms with E-state index in [2.05, 4.69) is 15.5 Å². The Labute approximate surface area is 188 Å².